The van der Waals surface area contributed by atoms with Crippen molar-refractivity contribution < 1.29 is 9.90 Å². The summed E-state index contributed by atoms with van der Waals surface area (Å²) in [5, 5.41) is 10.1. The van der Waals surface area contributed by atoms with Crippen LogP contribution in [0.4, 0.5) is 5.69 Å². The molecule has 0 fully saturated rings. The Morgan fingerprint density at radius 3 is 2.90 bits per heavy atom. The van der Waals surface area contributed by atoms with E-state index in [1.54, 1.807) is 24.6 Å². The summed E-state index contributed by atoms with van der Waals surface area (Å²) in [5.74, 6) is -0.923. The molecule has 0 saturated carbocycles. The number of fused-ring (bicyclic) bond motifs is 5. The molecule has 1 aliphatic heterocycles. The van der Waals surface area contributed by atoms with Gasteiger partial charge in [0.1, 0.15) is 0 Å². The van der Waals surface area contributed by atoms with E-state index in [-0.39, 0.29) is 5.56 Å². The Bertz CT molecular complexity index is 951. The van der Waals surface area contributed by atoms with E-state index in [0.29, 0.717) is 6.54 Å². The Morgan fingerprint density at radius 1 is 1.14 bits per heavy atom. The van der Waals surface area contributed by atoms with Gasteiger partial charge >= 0.3 is 5.97 Å². The Hall–Kier alpha value is -2.95. The number of carbonyl (C=O) groups is 1. The molecular formula is C16H11N3O2. The van der Waals surface area contributed by atoms with Gasteiger partial charge in [-0.15, -0.1) is 0 Å². The summed E-state index contributed by atoms with van der Waals surface area (Å²) in [6.07, 6.45) is 5.33. The zero-order chi connectivity index (χ0) is 14.4. The quantitative estimate of drug-likeness (QED) is 0.742. The molecule has 1 aromatic carbocycles. The molecule has 5 heteroatoms. The van der Waals surface area contributed by atoms with Gasteiger partial charge in [0.2, 0.25) is 0 Å². The largest absolute Gasteiger partial charge is 0.478 e. The van der Waals surface area contributed by atoms with Crippen molar-refractivity contribution in [3.8, 4) is 0 Å². The molecule has 21 heavy (non-hydrogen) atoms. The van der Waals surface area contributed by atoms with Gasteiger partial charge in [-0.05, 0) is 24.3 Å². The smallest absolute Gasteiger partial charge is 0.335 e. The molecule has 4 rings (SSSR count). The molecule has 3 heterocycles. The minimum absolute atomic E-state index is 0.282. The van der Waals surface area contributed by atoms with Crippen molar-refractivity contribution in [2.24, 2.45) is 9.98 Å². The highest BCUT2D eigenvalue weighted by Crippen LogP contribution is 2.32. The summed E-state index contributed by atoms with van der Waals surface area (Å²) in [7, 11) is 0. The number of aromatic carboxylic acids is 1. The maximum atomic E-state index is 11.1. The fourth-order valence-electron chi connectivity index (χ4n) is 2.69. The lowest BCUT2D eigenvalue weighted by Gasteiger charge is -2.05. The van der Waals surface area contributed by atoms with Crippen LogP contribution in [0.3, 0.4) is 0 Å². The van der Waals surface area contributed by atoms with Crippen LogP contribution in [0.25, 0.3) is 16.4 Å². The average molecular weight is 277 g/mol. The third-order valence-corrected chi connectivity index (χ3v) is 3.70. The molecule has 0 spiro atoms. The van der Waals surface area contributed by atoms with Gasteiger partial charge < -0.3 is 9.51 Å². The van der Waals surface area contributed by atoms with Crippen LogP contribution in [-0.4, -0.2) is 27.9 Å². The van der Waals surface area contributed by atoms with E-state index in [2.05, 4.69) is 9.98 Å². The third kappa shape index (κ3) is 1.74. The molecule has 0 amide bonds. The van der Waals surface area contributed by atoms with Crippen LogP contribution < -0.4 is 0 Å². The van der Waals surface area contributed by atoms with E-state index in [0.717, 1.165) is 27.7 Å². The molecule has 0 bridgehead atoms. The van der Waals surface area contributed by atoms with Gasteiger partial charge in [0.05, 0.1) is 28.8 Å². The second kappa shape index (κ2) is 4.28. The zero-order valence-electron chi connectivity index (χ0n) is 11.0. The van der Waals surface area contributed by atoms with Crippen LogP contribution in [0.5, 0.6) is 0 Å². The number of nitrogens with zero attached hydrogens (tertiary/aromatic N) is 3. The maximum Gasteiger partial charge on any atom is 0.335 e. The SMILES string of the molecule is O=C(O)c1ccc2cc3c4c(ccn3c2c1)CN=CC=N4. The predicted molar refractivity (Wildman–Crippen MR) is 82.2 cm³/mol. The van der Waals surface area contributed by atoms with E-state index in [9.17, 15) is 4.79 Å². The van der Waals surface area contributed by atoms with Gasteiger partial charge in [-0.25, -0.2) is 4.79 Å². The maximum absolute atomic E-state index is 11.1. The van der Waals surface area contributed by atoms with Crippen LogP contribution in [0.2, 0.25) is 0 Å². The van der Waals surface area contributed by atoms with E-state index >= 15 is 0 Å². The first-order valence-electron chi connectivity index (χ1n) is 6.56. The summed E-state index contributed by atoms with van der Waals surface area (Å²) in [6.45, 7) is 0.605. The number of carboxylic acids is 1. The van der Waals surface area contributed by atoms with Crippen molar-refractivity contribution in [2.75, 3.05) is 0 Å². The number of hydrogen-bond acceptors (Lipinski definition) is 3. The number of benzene rings is 1. The summed E-state index contributed by atoms with van der Waals surface area (Å²) < 4.78 is 1.98. The molecule has 0 aliphatic carbocycles. The van der Waals surface area contributed by atoms with Gasteiger partial charge in [0, 0.05) is 29.6 Å². The fraction of sp³-hybridized carbons (Fsp3) is 0.0625. The number of pyridine rings is 1. The molecule has 3 aromatic rings. The Kier molecular flexibility index (Phi) is 2.41. The van der Waals surface area contributed by atoms with Crippen LogP contribution >= 0.6 is 0 Å². The van der Waals surface area contributed by atoms with Gasteiger partial charge in [0.15, 0.2) is 0 Å². The summed E-state index contributed by atoms with van der Waals surface area (Å²) >= 11 is 0. The highest BCUT2D eigenvalue weighted by molar-refractivity contribution is 6.17. The van der Waals surface area contributed by atoms with Crippen molar-refractivity contribution in [3.05, 3.63) is 47.7 Å². The van der Waals surface area contributed by atoms with Crippen LogP contribution in [0.1, 0.15) is 15.9 Å². The van der Waals surface area contributed by atoms with Crippen molar-refractivity contribution >= 4 is 40.5 Å². The second-order valence-corrected chi connectivity index (χ2v) is 4.94. The normalized spacial score (nSPS) is 13.5. The molecule has 0 radical (unpaired) electrons. The monoisotopic (exact) mass is 277 g/mol. The highest BCUT2D eigenvalue weighted by Gasteiger charge is 2.13. The van der Waals surface area contributed by atoms with E-state index in [4.69, 9.17) is 5.11 Å². The van der Waals surface area contributed by atoms with Crippen LogP contribution in [-0.2, 0) is 6.54 Å². The average Bonchev–Trinajstić information content (AvgIpc) is 2.68. The summed E-state index contributed by atoms with van der Waals surface area (Å²) in [4.78, 5) is 19.8. The van der Waals surface area contributed by atoms with Gasteiger partial charge in [-0.2, -0.15) is 0 Å². The standard InChI is InChI=1S/C16H11N3O2/c20-16(21)11-2-1-10-7-14-15-12(9-17-4-5-18-15)3-6-19(14)13(10)8-11/h1-8H,9H2,(H,20,21). The van der Waals surface area contributed by atoms with Crippen molar-refractivity contribution in [3.63, 3.8) is 0 Å². The molecule has 0 atom stereocenters. The Labute approximate surface area is 119 Å². The Balaban J connectivity index is 2.08. The lowest BCUT2D eigenvalue weighted by atomic mass is 10.1. The van der Waals surface area contributed by atoms with Crippen molar-refractivity contribution in [1.29, 1.82) is 0 Å². The highest BCUT2D eigenvalue weighted by atomic mass is 16.4. The number of aromatic nitrogens is 1. The summed E-state index contributed by atoms with van der Waals surface area (Å²) in [5.41, 5.74) is 4.07. The first-order chi connectivity index (χ1) is 10.2. The predicted octanol–water partition coefficient (Wildman–Crippen LogP) is 3.08. The van der Waals surface area contributed by atoms with Crippen LogP contribution in [0.15, 0.2) is 46.5 Å². The molecule has 2 aromatic heterocycles. The number of aliphatic imine (C=N–C) groups is 2. The second-order valence-electron chi connectivity index (χ2n) is 4.94. The minimum atomic E-state index is -0.923. The van der Waals surface area contributed by atoms with Crippen molar-refractivity contribution in [2.45, 2.75) is 6.54 Å². The molecule has 102 valence electrons. The number of rotatable bonds is 1. The molecule has 1 aliphatic rings. The molecule has 0 unspecified atom stereocenters. The molecule has 5 nitrogen and oxygen atoms in total. The van der Waals surface area contributed by atoms with E-state index in [1.807, 2.05) is 28.8 Å². The van der Waals surface area contributed by atoms with Crippen molar-refractivity contribution in [1.82, 2.24) is 4.40 Å². The minimum Gasteiger partial charge on any atom is -0.478 e. The first kappa shape index (κ1) is 11.8. The van der Waals surface area contributed by atoms with Gasteiger partial charge in [0.25, 0.3) is 0 Å². The zero-order valence-corrected chi connectivity index (χ0v) is 11.0. The Morgan fingerprint density at radius 2 is 2.05 bits per heavy atom. The third-order valence-electron chi connectivity index (χ3n) is 3.70. The summed E-state index contributed by atoms with van der Waals surface area (Å²) in [6, 6.07) is 9.15. The lowest BCUT2D eigenvalue weighted by Crippen LogP contribution is -1.96. The van der Waals surface area contributed by atoms with Gasteiger partial charge in [-0.1, -0.05) is 6.07 Å². The molecule has 0 saturated heterocycles. The van der Waals surface area contributed by atoms with Gasteiger partial charge in [-0.3, -0.25) is 9.98 Å². The van der Waals surface area contributed by atoms with E-state index in [1.165, 1.54) is 0 Å². The van der Waals surface area contributed by atoms with Crippen LogP contribution in [0, 0.1) is 0 Å². The van der Waals surface area contributed by atoms with E-state index < -0.39 is 5.97 Å². The number of hydrogen-bond donors (Lipinski definition) is 1. The lowest BCUT2D eigenvalue weighted by molar-refractivity contribution is 0.0697. The fourth-order valence-corrected chi connectivity index (χ4v) is 2.69. The topological polar surface area (TPSA) is 66.4 Å². The number of carboxylic acid groups (broad SMARTS) is 1. The first-order valence-corrected chi connectivity index (χ1v) is 6.56. The molecule has 1 N–H and O–H groups in total. The molecular weight excluding hydrogens is 266 g/mol.